The topological polar surface area (TPSA) is 88.2 Å². The molecule has 1 aliphatic heterocycles. The Morgan fingerprint density at radius 2 is 2.07 bits per heavy atom. The number of carbonyl (C=O) groups excluding carboxylic acids is 1. The van der Waals surface area contributed by atoms with Crippen molar-refractivity contribution in [3.63, 3.8) is 0 Å². The number of Topliss-reactive ketones (excluding diaryl/α,β-unsaturated/α-hetero) is 1. The highest BCUT2D eigenvalue weighted by Crippen LogP contribution is 2.21. The van der Waals surface area contributed by atoms with Gasteiger partial charge < -0.3 is 16.0 Å². The minimum atomic E-state index is -0.637. The highest BCUT2D eigenvalue weighted by atomic mass is 32.1. The summed E-state index contributed by atoms with van der Waals surface area (Å²) in [7, 11) is -0.637. The molecule has 0 aliphatic carbocycles. The van der Waals surface area contributed by atoms with Crippen molar-refractivity contribution in [3.8, 4) is 0 Å². The first-order valence-corrected chi connectivity index (χ1v) is 9.25. The molecule has 0 spiro atoms. The highest BCUT2D eigenvalue weighted by Gasteiger charge is 2.25. The molecule has 0 amide bonds. The third kappa shape index (κ3) is 4.13. The summed E-state index contributed by atoms with van der Waals surface area (Å²) in [6.45, 7) is 1.00. The van der Waals surface area contributed by atoms with E-state index in [4.69, 9.17) is 5.73 Å². The second-order valence-corrected chi connectivity index (χ2v) is 7.05. The second-order valence-electron chi connectivity index (χ2n) is 7.05. The van der Waals surface area contributed by atoms with E-state index in [9.17, 15) is 9.82 Å². The molecule has 5 nitrogen and oxygen atoms in total. The summed E-state index contributed by atoms with van der Waals surface area (Å²) in [6, 6.07) is 13.8. The summed E-state index contributed by atoms with van der Waals surface area (Å²) in [4.78, 5) is 17.1. The molecule has 144 valence electrons. The van der Waals surface area contributed by atoms with Crippen molar-refractivity contribution < 1.29 is 9.82 Å². The Labute approximate surface area is 171 Å². The maximum atomic E-state index is 13.0. The van der Waals surface area contributed by atoms with Crippen molar-refractivity contribution in [1.82, 2.24) is 10.2 Å². The molecule has 2 heterocycles. The van der Waals surface area contributed by atoms with Gasteiger partial charge >= 0.3 is 7.05 Å². The number of carbonyl (C=O) groups is 1. The summed E-state index contributed by atoms with van der Waals surface area (Å²) in [5.74, 6) is -0.226. The standard InChI is InChI=1S/C21H22BN3O2.H2S/c23-12-19(16-3-4-20-17(11-16)6-8-25-22(20)27)21(26)10-14-1-2-18-13-24-7-5-15(18)9-14;/h1-5,7,9,11,13,19,25,27H,6,8,10,12,23H2;1H2/t19-;/m1./s1. The minimum absolute atomic E-state index is 0. The first kappa shape index (κ1) is 20.5. The number of hydrogen-bond acceptors (Lipinski definition) is 5. The zero-order chi connectivity index (χ0) is 18.8. The molecular formula is C21H24BN3O2S. The van der Waals surface area contributed by atoms with Gasteiger partial charge in [-0.2, -0.15) is 13.5 Å². The van der Waals surface area contributed by atoms with Crippen molar-refractivity contribution in [2.45, 2.75) is 18.8 Å². The van der Waals surface area contributed by atoms with Crippen LogP contribution in [-0.2, 0) is 17.6 Å². The number of pyridine rings is 1. The lowest BCUT2D eigenvalue weighted by molar-refractivity contribution is -0.119. The van der Waals surface area contributed by atoms with Crippen molar-refractivity contribution in [3.05, 3.63) is 71.5 Å². The van der Waals surface area contributed by atoms with Crippen molar-refractivity contribution in [2.24, 2.45) is 5.73 Å². The van der Waals surface area contributed by atoms with E-state index in [1.54, 1.807) is 6.20 Å². The highest BCUT2D eigenvalue weighted by molar-refractivity contribution is 7.59. The molecule has 4 rings (SSSR count). The number of fused-ring (bicyclic) bond motifs is 2. The molecular weight excluding hydrogens is 369 g/mol. The smallest absolute Gasteiger partial charge is 0.413 e. The third-order valence-electron chi connectivity index (χ3n) is 5.30. The Bertz CT molecular complexity index is 998. The Morgan fingerprint density at radius 3 is 2.89 bits per heavy atom. The van der Waals surface area contributed by atoms with Crippen molar-refractivity contribution in [2.75, 3.05) is 13.1 Å². The average molecular weight is 393 g/mol. The average Bonchev–Trinajstić information content (AvgIpc) is 2.68. The minimum Gasteiger partial charge on any atom is -0.433 e. The molecule has 0 saturated heterocycles. The maximum Gasteiger partial charge on any atom is 0.413 e. The largest absolute Gasteiger partial charge is 0.433 e. The van der Waals surface area contributed by atoms with E-state index >= 15 is 0 Å². The summed E-state index contributed by atoms with van der Waals surface area (Å²) in [6.07, 6.45) is 4.76. The normalized spacial score (nSPS) is 14.3. The van der Waals surface area contributed by atoms with Crippen LogP contribution in [0.15, 0.2) is 54.9 Å². The first-order valence-electron chi connectivity index (χ1n) is 9.25. The lowest BCUT2D eigenvalue weighted by Gasteiger charge is -2.22. The number of nitrogens with one attached hydrogen (secondary N) is 1. The molecule has 1 aliphatic rings. The molecule has 0 saturated carbocycles. The van der Waals surface area contributed by atoms with E-state index in [0.29, 0.717) is 6.42 Å². The zero-order valence-corrected chi connectivity index (χ0v) is 16.6. The molecule has 0 bridgehead atoms. The zero-order valence-electron chi connectivity index (χ0n) is 15.6. The molecule has 0 unspecified atom stereocenters. The van der Waals surface area contributed by atoms with Gasteiger partial charge in [0.2, 0.25) is 0 Å². The van der Waals surface area contributed by atoms with Gasteiger partial charge in [0, 0.05) is 30.7 Å². The van der Waals surface area contributed by atoms with Gasteiger partial charge in [0.05, 0.1) is 5.92 Å². The van der Waals surface area contributed by atoms with Crippen LogP contribution < -0.4 is 16.4 Å². The number of aromatic nitrogens is 1. The van der Waals surface area contributed by atoms with E-state index in [0.717, 1.165) is 45.9 Å². The van der Waals surface area contributed by atoms with Gasteiger partial charge in [-0.05, 0) is 46.6 Å². The lowest BCUT2D eigenvalue weighted by atomic mass is 9.67. The maximum absolute atomic E-state index is 13.0. The number of hydrogen-bond donors (Lipinski definition) is 3. The van der Waals surface area contributed by atoms with Crippen LogP contribution in [0.2, 0.25) is 0 Å². The van der Waals surface area contributed by atoms with Gasteiger partial charge in [0.25, 0.3) is 0 Å². The number of benzene rings is 2. The monoisotopic (exact) mass is 393 g/mol. The molecule has 2 aromatic carbocycles. The number of rotatable bonds is 5. The van der Waals surface area contributed by atoms with E-state index < -0.39 is 7.05 Å². The fourth-order valence-corrected chi connectivity index (χ4v) is 3.80. The summed E-state index contributed by atoms with van der Waals surface area (Å²) >= 11 is 0. The molecule has 1 aromatic heterocycles. The Balaban J connectivity index is 0.00000225. The molecule has 28 heavy (non-hydrogen) atoms. The summed E-state index contributed by atoms with van der Waals surface area (Å²) in [5, 5.41) is 15.2. The van der Waals surface area contributed by atoms with E-state index in [1.807, 2.05) is 48.7 Å². The summed E-state index contributed by atoms with van der Waals surface area (Å²) in [5.41, 5.74) is 9.85. The summed E-state index contributed by atoms with van der Waals surface area (Å²) < 4.78 is 0. The van der Waals surface area contributed by atoms with Gasteiger partial charge in [-0.3, -0.25) is 9.78 Å². The van der Waals surface area contributed by atoms with Crippen LogP contribution >= 0.6 is 13.5 Å². The predicted octanol–water partition coefficient (Wildman–Crippen LogP) is 1.03. The number of nitrogens with two attached hydrogens (primary N) is 1. The van der Waals surface area contributed by atoms with Crippen LogP contribution in [0.25, 0.3) is 10.8 Å². The van der Waals surface area contributed by atoms with Gasteiger partial charge in [0.1, 0.15) is 5.78 Å². The van der Waals surface area contributed by atoms with E-state index in [1.165, 1.54) is 0 Å². The number of nitrogens with zero attached hydrogens (tertiary/aromatic N) is 1. The second kappa shape index (κ2) is 8.88. The Morgan fingerprint density at radius 1 is 1.21 bits per heavy atom. The fourth-order valence-electron chi connectivity index (χ4n) is 3.80. The molecule has 7 heteroatoms. The number of ketones is 1. The van der Waals surface area contributed by atoms with Crippen LogP contribution in [0.1, 0.15) is 22.6 Å². The molecule has 0 fully saturated rings. The van der Waals surface area contributed by atoms with E-state index in [2.05, 4.69) is 10.2 Å². The molecule has 3 aromatic rings. The van der Waals surface area contributed by atoms with Gasteiger partial charge in [0.15, 0.2) is 0 Å². The van der Waals surface area contributed by atoms with Crippen LogP contribution in [0.5, 0.6) is 0 Å². The van der Waals surface area contributed by atoms with Gasteiger partial charge in [-0.1, -0.05) is 36.4 Å². The SMILES string of the molecule is NC[C@@H](C(=O)Cc1ccc2cnccc2c1)c1ccc2c(c1)CCNB2O.S. The Hall–Kier alpha value is -2.19. The lowest BCUT2D eigenvalue weighted by Crippen LogP contribution is -2.51. The third-order valence-corrected chi connectivity index (χ3v) is 5.30. The molecule has 1 atom stereocenters. The van der Waals surface area contributed by atoms with Crippen LogP contribution in [-0.4, -0.2) is 35.9 Å². The quantitative estimate of drug-likeness (QED) is 0.564. The van der Waals surface area contributed by atoms with Gasteiger partial charge in [-0.25, -0.2) is 0 Å². The molecule has 4 N–H and O–H groups in total. The van der Waals surface area contributed by atoms with Crippen LogP contribution in [0, 0.1) is 0 Å². The Kier molecular flexibility index (Phi) is 6.51. The van der Waals surface area contributed by atoms with Crippen LogP contribution in [0.3, 0.4) is 0 Å². The van der Waals surface area contributed by atoms with Crippen molar-refractivity contribution >= 4 is 42.6 Å². The predicted molar refractivity (Wildman–Crippen MR) is 118 cm³/mol. The van der Waals surface area contributed by atoms with Crippen LogP contribution in [0.4, 0.5) is 0 Å². The van der Waals surface area contributed by atoms with E-state index in [-0.39, 0.29) is 31.7 Å². The fraction of sp³-hybridized carbons (Fsp3) is 0.238. The van der Waals surface area contributed by atoms with Crippen molar-refractivity contribution in [1.29, 1.82) is 0 Å². The first-order chi connectivity index (χ1) is 13.2. The van der Waals surface area contributed by atoms with Gasteiger partial charge in [-0.15, -0.1) is 0 Å². The molecule has 0 radical (unpaired) electrons.